The fraction of sp³-hybridized carbons (Fsp3) is 0.588. The van der Waals surface area contributed by atoms with Gasteiger partial charge in [-0.15, -0.1) is 0 Å². The van der Waals surface area contributed by atoms with Crippen LogP contribution >= 0.6 is 0 Å². The van der Waals surface area contributed by atoms with E-state index in [1.807, 2.05) is 27.9 Å². The van der Waals surface area contributed by atoms with Crippen molar-refractivity contribution in [1.29, 1.82) is 5.26 Å². The van der Waals surface area contributed by atoms with Gasteiger partial charge in [-0.05, 0) is 44.5 Å². The summed E-state index contributed by atoms with van der Waals surface area (Å²) in [5.41, 5.74) is 2.27. The summed E-state index contributed by atoms with van der Waals surface area (Å²) >= 11 is 0. The van der Waals surface area contributed by atoms with Crippen molar-refractivity contribution in [2.75, 3.05) is 14.1 Å². The Bertz CT molecular complexity index is 456. The SMILES string of the molecule is CN(C)C(c1ccc(C(C)(C)C)cc1)C(C)(C)C#N. The molecule has 0 aromatic heterocycles. The van der Waals surface area contributed by atoms with Crippen molar-refractivity contribution in [2.45, 2.75) is 46.1 Å². The summed E-state index contributed by atoms with van der Waals surface area (Å²) in [6, 6.07) is 11.2. The summed E-state index contributed by atoms with van der Waals surface area (Å²) in [4.78, 5) is 2.12. The number of nitriles is 1. The molecule has 0 fully saturated rings. The Hall–Kier alpha value is -1.33. The van der Waals surface area contributed by atoms with Gasteiger partial charge in [0.25, 0.3) is 0 Å². The topological polar surface area (TPSA) is 27.0 Å². The molecule has 0 heterocycles. The standard InChI is InChI=1S/C17H26N2/c1-16(2,3)14-10-8-13(9-11-14)15(19(6)7)17(4,5)12-18/h8-11,15H,1-7H3. The highest BCUT2D eigenvalue weighted by Gasteiger charge is 2.32. The van der Waals surface area contributed by atoms with Gasteiger partial charge in [0.05, 0.1) is 17.5 Å². The van der Waals surface area contributed by atoms with Gasteiger partial charge < -0.3 is 4.90 Å². The first-order valence-corrected chi connectivity index (χ1v) is 6.77. The fourth-order valence-corrected chi connectivity index (χ4v) is 2.59. The molecule has 0 bridgehead atoms. The minimum atomic E-state index is -0.410. The number of rotatable bonds is 3. The van der Waals surface area contributed by atoms with Crippen molar-refractivity contribution in [3.8, 4) is 6.07 Å². The zero-order valence-electron chi connectivity index (χ0n) is 13.3. The van der Waals surface area contributed by atoms with Gasteiger partial charge in [-0.25, -0.2) is 0 Å². The summed E-state index contributed by atoms with van der Waals surface area (Å²) in [5, 5.41) is 9.38. The number of benzene rings is 1. The largest absolute Gasteiger partial charge is 0.301 e. The van der Waals surface area contributed by atoms with Crippen LogP contribution in [0.15, 0.2) is 24.3 Å². The van der Waals surface area contributed by atoms with E-state index in [0.29, 0.717) is 0 Å². The maximum atomic E-state index is 9.38. The summed E-state index contributed by atoms with van der Waals surface area (Å²) in [7, 11) is 4.06. The Morgan fingerprint density at radius 3 is 1.79 bits per heavy atom. The van der Waals surface area contributed by atoms with Crippen molar-refractivity contribution in [2.24, 2.45) is 5.41 Å². The van der Waals surface area contributed by atoms with Crippen LogP contribution in [0.1, 0.15) is 51.8 Å². The van der Waals surface area contributed by atoms with E-state index >= 15 is 0 Å². The Labute approximate surface area is 118 Å². The van der Waals surface area contributed by atoms with Crippen LogP contribution in [0.5, 0.6) is 0 Å². The van der Waals surface area contributed by atoms with Crippen molar-refractivity contribution in [1.82, 2.24) is 4.90 Å². The van der Waals surface area contributed by atoms with E-state index < -0.39 is 5.41 Å². The third-order valence-corrected chi connectivity index (χ3v) is 3.58. The minimum absolute atomic E-state index is 0.103. The van der Waals surface area contributed by atoms with Gasteiger partial charge in [-0.1, -0.05) is 45.0 Å². The molecule has 0 spiro atoms. The lowest BCUT2D eigenvalue weighted by atomic mass is 9.79. The Morgan fingerprint density at radius 1 is 1.00 bits per heavy atom. The molecule has 19 heavy (non-hydrogen) atoms. The average molecular weight is 258 g/mol. The first-order chi connectivity index (χ1) is 8.59. The van der Waals surface area contributed by atoms with Crippen LogP contribution in [0.25, 0.3) is 0 Å². The molecule has 0 aliphatic heterocycles. The molecular weight excluding hydrogens is 232 g/mol. The summed E-state index contributed by atoms with van der Waals surface area (Å²) in [6.07, 6.45) is 0. The fourth-order valence-electron chi connectivity index (χ4n) is 2.59. The molecule has 0 aliphatic carbocycles. The molecule has 1 aromatic rings. The average Bonchev–Trinajstić information content (AvgIpc) is 2.27. The van der Waals surface area contributed by atoms with E-state index in [-0.39, 0.29) is 11.5 Å². The third-order valence-electron chi connectivity index (χ3n) is 3.58. The van der Waals surface area contributed by atoms with Crippen molar-refractivity contribution >= 4 is 0 Å². The molecule has 1 aromatic carbocycles. The second-order valence-corrected chi connectivity index (χ2v) is 7.07. The van der Waals surface area contributed by atoms with E-state index in [4.69, 9.17) is 0 Å². The van der Waals surface area contributed by atoms with E-state index in [9.17, 15) is 5.26 Å². The highest BCUT2D eigenvalue weighted by atomic mass is 15.1. The lowest BCUT2D eigenvalue weighted by molar-refractivity contribution is 0.185. The van der Waals surface area contributed by atoms with Gasteiger partial charge in [-0.3, -0.25) is 0 Å². The van der Waals surface area contributed by atoms with Crippen molar-refractivity contribution < 1.29 is 0 Å². The van der Waals surface area contributed by atoms with Crippen LogP contribution in [0.2, 0.25) is 0 Å². The van der Waals surface area contributed by atoms with Gasteiger partial charge in [0, 0.05) is 0 Å². The summed E-state index contributed by atoms with van der Waals surface area (Å²) < 4.78 is 0. The summed E-state index contributed by atoms with van der Waals surface area (Å²) in [5.74, 6) is 0. The Morgan fingerprint density at radius 2 is 1.47 bits per heavy atom. The highest BCUT2D eigenvalue weighted by Crippen LogP contribution is 2.37. The third kappa shape index (κ3) is 3.58. The van der Waals surface area contributed by atoms with Crippen LogP contribution in [0, 0.1) is 16.7 Å². The van der Waals surface area contributed by atoms with Crippen LogP contribution in [0.4, 0.5) is 0 Å². The Balaban J connectivity index is 3.17. The lowest BCUT2D eigenvalue weighted by Crippen LogP contribution is -2.32. The molecule has 0 saturated carbocycles. The van der Waals surface area contributed by atoms with Gasteiger partial charge in [-0.2, -0.15) is 5.26 Å². The molecule has 104 valence electrons. The maximum Gasteiger partial charge on any atom is 0.0714 e. The van der Waals surface area contributed by atoms with Crippen molar-refractivity contribution in [3.63, 3.8) is 0 Å². The molecular formula is C17H26N2. The first-order valence-electron chi connectivity index (χ1n) is 6.77. The quantitative estimate of drug-likeness (QED) is 0.815. The zero-order chi connectivity index (χ0) is 14.8. The predicted molar refractivity (Wildman–Crippen MR) is 81.0 cm³/mol. The highest BCUT2D eigenvalue weighted by molar-refractivity contribution is 5.31. The predicted octanol–water partition coefficient (Wildman–Crippen LogP) is 4.14. The molecule has 1 unspecified atom stereocenters. The van der Waals surface area contributed by atoms with E-state index in [1.165, 1.54) is 11.1 Å². The van der Waals surface area contributed by atoms with Crippen LogP contribution < -0.4 is 0 Å². The number of hydrogen-bond acceptors (Lipinski definition) is 2. The van der Waals surface area contributed by atoms with Crippen molar-refractivity contribution in [3.05, 3.63) is 35.4 Å². The maximum absolute atomic E-state index is 9.38. The second kappa shape index (κ2) is 5.35. The molecule has 2 heteroatoms. The molecule has 0 saturated heterocycles. The number of nitrogens with zero attached hydrogens (tertiary/aromatic N) is 2. The van der Waals surface area contributed by atoms with E-state index in [2.05, 4.69) is 56.0 Å². The second-order valence-electron chi connectivity index (χ2n) is 7.07. The zero-order valence-corrected chi connectivity index (χ0v) is 13.3. The van der Waals surface area contributed by atoms with Crippen LogP contribution in [-0.2, 0) is 5.41 Å². The van der Waals surface area contributed by atoms with Gasteiger partial charge in [0.1, 0.15) is 0 Å². The van der Waals surface area contributed by atoms with Gasteiger partial charge in [0.2, 0.25) is 0 Å². The minimum Gasteiger partial charge on any atom is -0.301 e. The normalized spacial score (nSPS) is 14.3. The molecule has 0 N–H and O–H groups in total. The molecule has 0 aliphatic rings. The van der Waals surface area contributed by atoms with Crippen LogP contribution in [0.3, 0.4) is 0 Å². The number of hydrogen-bond donors (Lipinski definition) is 0. The van der Waals surface area contributed by atoms with Crippen LogP contribution in [-0.4, -0.2) is 19.0 Å². The summed E-state index contributed by atoms with van der Waals surface area (Å²) in [6.45, 7) is 10.6. The molecule has 0 radical (unpaired) electrons. The monoisotopic (exact) mass is 258 g/mol. The lowest BCUT2D eigenvalue weighted by Gasteiger charge is -2.34. The molecule has 2 nitrogen and oxygen atoms in total. The van der Waals surface area contributed by atoms with Gasteiger partial charge in [0.15, 0.2) is 0 Å². The smallest absolute Gasteiger partial charge is 0.0714 e. The first kappa shape index (κ1) is 15.7. The van der Waals surface area contributed by atoms with Gasteiger partial charge >= 0.3 is 0 Å². The molecule has 0 amide bonds. The molecule has 1 rings (SSSR count). The van der Waals surface area contributed by atoms with E-state index in [0.717, 1.165) is 0 Å². The molecule has 1 atom stereocenters. The Kier molecular flexibility index (Phi) is 4.43. The van der Waals surface area contributed by atoms with E-state index in [1.54, 1.807) is 0 Å².